The third-order valence-electron chi connectivity index (χ3n) is 7.45. The fourth-order valence-electron chi connectivity index (χ4n) is 5.51. The molecule has 5 rings (SSSR count). The number of nitrogens with zero attached hydrogens (tertiary/aromatic N) is 2. The van der Waals surface area contributed by atoms with Gasteiger partial charge in [0.2, 0.25) is 0 Å². The number of benzene rings is 2. The van der Waals surface area contributed by atoms with Crippen LogP contribution in [0.15, 0.2) is 60.9 Å². The van der Waals surface area contributed by atoms with E-state index in [-0.39, 0.29) is 5.91 Å². The number of hydrogen-bond acceptors (Lipinski definition) is 3. The predicted molar refractivity (Wildman–Crippen MR) is 137 cm³/mol. The van der Waals surface area contributed by atoms with E-state index >= 15 is 0 Å². The number of nitrogens with one attached hydrogen (secondary N) is 1. The molecule has 2 aliphatic rings. The Morgan fingerprint density at radius 3 is 2.44 bits per heavy atom. The number of rotatable bonds is 7. The molecule has 1 N–H and O–H groups in total. The Labute approximate surface area is 207 Å². The Morgan fingerprint density at radius 1 is 1.03 bits per heavy atom. The molecule has 2 aliphatic heterocycles. The maximum absolute atomic E-state index is 13.2. The van der Waals surface area contributed by atoms with Gasteiger partial charge in [-0.3, -0.25) is 9.78 Å². The minimum atomic E-state index is 0.0404. The smallest absolute Gasteiger partial charge is 0.256 e. The Balaban J connectivity index is 1.41. The van der Waals surface area contributed by atoms with E-state index < -0.39 is 0 Å². The van der Waals surface area contributed by atoms with E-state index in [0.29, 0.717) is 35.5 Å². The zero-order valence-electron chi connectivity index (χ0n) is 19.8. The highest BCUT2D eigenvalue weighted by molar-refractivity contribution is 6.34. The zero-order valence-corrected chi connectivity index (χ0v) is 20.5. The highest BCUT2D eigenvalue weighted by atomic mass is 35.5. The molecule has 1 fully saturated rings. The molecule has 0 spiro atoms. The molecule has 0 aliphatic carbocycles. The Bertz CT molecular complexity index is 1140. The van der Waals surface area contributed by atoms with Crippen molar-refractivity contribution in [2.24, 2.45) is 5.92 Å². The lowest BCUT2D eigenvalue weighted by Gasteiger charge is -2.31. The van der Waals surface area contributed by atoms with Crippen LogP contribution in [0.4, 0.5) is 0 Å². The summed E-state index contributed by atoms with van der Waals surface area (Å²) in [7, 11) is 0. The Kier molecular flexibility index (Phi) is 6.98. The van der Waals surface area contributed by atoms with Crippen molar-refractivity contribution in [3.05, 3.63) is 99.3 Å². The van der Waals surface area contributed by atoms with Gasteiger partial charge < -0.3 is 10.2 Å². The van der Waals surface area contributed by atoms with Gasteiger partial charge in [0.05, 0.1) is 10.6 Å². The highest BCUT2D eigenvalue weighted by Crippen LogP contribution is 2.39. The number of pyridine rings is 1. The monoisotopic (exact) mass is 473 g/mol. The molecule has 0 bridgehead atoms. The van der Waals surface area contributed by atoms with Crippen LogP contribution in [0.3, 0.4) is 0 Å². The summed E-state index contributed by atoms with van der Waals surface area (Å²) in [4.78, 5) is 19.4. The number of piperidine rings is 1. The van der Waals surface area contributed by atoms with Crippen LogP contribution in [0.2, 0.25) is 5.02 Å². The van der Waals surface area contributed by atoms with Crippen LogP contribution in [0.5, 0.6) is 0 Å². The number of aryl methyl sites for hydroxylation is 1. The maximum atomic E-state index is 13.2. The molecule has 1 amide bonds. The fraction of sp³-hybridized carbons (Fsp3) is 0.379. The standard InChI is InChI=1S/C29H32ClN3O/c1-2-20-3-5-22(6-4-20)18-33-19-25-16-24(17-27(30)28(25)29(33)34)26(23-9-13-32-14-10-23)15-21-7-11-31-12-8-21/h3-8,11-12,16-17,23,26,32H,2,9-10,13-15,18-19H2,1H3. The number of carbonyl (C=O) groups excluding carboxylic acids is 1. The van der Waals surface area contributed by atoms with Crippen LogP contribution in [0.25, 0.3) is 0 Å². The van der Waals surface area contributed by atoms with Gasteiger partial charge >= 0.3 is 0 Å². The lowest BCUT2D eigenvalue weighted by Crippen LogP contribution is -2.31. The van der Waals surface area contributed by atoms with Gasteiger partial charge in [0.1, 0.15) is 0 Å². The molecule has 0 radical (unpaired) electrons. The number of halogens is 1. The van der Waals surface area contributed by atoms with Gasteiger partial charge in [-0.1, -0.05) is 48.9 Å². The minimum Gasteiger partial charge on any atom is -0.330 e. The highest BCUT2D eigenvalue weighted by Gasteiger charge is 2.33. The normalized spacial score (nSPS) is 17.1. The summed E-state index contributed by atoms with van der Waals surface area (Å²) in [5.74, 6) is 1.01. The van der Waals surface area contributed by atoms with Gasteiger partial charge in [-0.05, 0) is 96.6 Å². The van der Waals surface area contributed by atoms with Crippen molar-refractivity contribution in [3.63, 3.8) is 0 Å². The molecule has 1 unspecified atom stereocenters. The van der Waals surface area contributed by atoms with E-state index in [9.17, 15) is 4.79 Å². The van der Waals surface area contributed by atoms with Crippen molar-refractivity contribution < 1.29 is 4.79 Å². The van der Waals surface area contributed by atoms with E-state index in [2.05, 4.69) is 65.8 Å². The number of amides is 1. The van der Waals surface area contributed by atoms with Gasteiger partial charge in [-0.15, -0.1) is 0 Å². The van der Waals surface area contributed by atoms with Crippen molar-refractivity contribution in [3.8, 4) is 0 Å². The van der Waals surface area contributed by atoms with Crippen molar-refractivity contribution in [1.82, 2.24) is 15.2 Å². The average molecular weight is 474 g/mol. The number of carbonyl (C=O) groups is 1. The fourth-order valence-corrected chi connectivity index (χ4v) is 5.83. The second-order valence-corrected chi connectivity index (χ2v) is 10.0. The molecule has 1 atom stereocenters. The van der Waals surface area contributed by atoms with Crippen LogP contribution in [0, 0.1) is 5.92 Å². The summed E-state index contributed by atoms with van der Waals surface area (Å²) >= 11 is 6.79. The van der Waals surface area contributed by atoms with Crippen molar-refractivity contribution in [2.75, 3.05) is 13.1 Å². The lowest BCUT2D eigenvalue weighted by molar-refractivity contribution is 0.0767. The summed E-state index contributed by atoms with van der Waals surface area (Å²) in [6, 6.07) is 17.1. The van der Waals surface area contributed by atoms with Crippen molar-refractivity contribution in [2.45, 2.75) is 51.6 Å². The van der Waals surface area contributed by atoms with E-state index in [1.165, 1.54) is 16.7 Å². The van der Waals surface area contributed by atoms with E-state index in [0.717, 1.165) is 49.9 Å². The quantitative estimate of drug-likeness (QED) is 0.473. The first-order valence-electron chi connectivity index (χ1n) is 12.4. The third kappa shape index (κ3) is 4.89. The van der Waals surface area contributed by atoms with Gasteiger partial charge in [-0.25, -0.2) is 0 Å². The van der Waals surface area contributed by atoms with Gasteiger partial charge in [0.25, 0.3) is 5.91 Å². The number of fused-ring (bicyclic) bond motifs is 1. The van der Waals surface area contributed by atoms with Crippen LogP contribution in [0.1, 0.15) is 63.9 Å². The predicted octanol–water partition coefficient (Wildman–Crippen LogP) is 5.78. The summed E-state index contributed by atoms with van der Waals surface area (Å²) in [5, 5.41) is 4.09. The van der Waals surface area contributed by atoms with Crippen LogP contribution in [-0.4, -0.2) is 28.9 Å². The molecular weight excluding hydrogens is 442 g/mol. The summed E-state index contributed by atoms with van der Waals surface area (Å²) in [6.45, 7) is 5.49. The maximum Gasteiger partial charge on any atom is 0.256 e. The number of hydrogen-bond donors (Lipinski definition) is 1. The van der Waals surface area contributed by atoms with Gasteiger partial charge in [0, 0.05) is 25.5 Å². The Morgan fingerprint density at radius 2 is 1.74 bits per heavy atom. The third-order valence-corrected chi connectivity index (χ3v) is 7.75. The molecule has 2 aromatic carbocycles. The Hall–Kier alpha value is -2.69. The molecule has 176 valence electrons. The molecule has 1 aromatic heterocycles. The molecular formula is C29H32ClN3O. The molecule has 1 saturated heterocycles. The van der Waals surface area contributed by atoms with Crippen LogP contribution < -0.4 is 5.32 Å². The van der Waals surface area contributed by atoms with Crippen molar-refractivity contribution >= 4 is 17.5 Å². The number of aromatic nitrogens is 1. The molecule has 3 aromatic rings. The second-order valence-electron chi connectivity index (χ2n) is 9.62. The first-order valence-corrected chi connectivity index (χ1v) is 12.8. The first-order chi connectivity index (χ1) is 16.6. The summed E-state index contributed by atoms with van der Waals surface area (Å²) in [6.07, 6.45) is 8.03. The average Bonchev–Trinajstić information content (AvgIpc) is 3.19. The van der Waals surface area contributed by atoms with E-state index in [1.54, 1.807) is 0 Å². The molecule has 0 saturated carbocycles. The lowest BCUT2D eigenvalue weighted by atomic mass is 9.76. The van der Waals surface area contributed by atoms with Gasteiger partial charge in [0.15, 0.2) is 0 Å². The largest absolute Gasteiger partial charge is 0.330 e. The zero-order chi connectivity index (χ0) is 23.5. The SMILES string of the molecule is CCc1ccc(CN2Cc3cc(C(Cc4ccncc4)C4CCNCC4)cc(Cl)c3C2=O)cc1. The second kappa shape index (κ2) is 10.3. The van der Waals surface area contributed by atoms with E-state index in [4.69, 9.17) is 11.6 Å². The van der Waals surface area contributed by atoms with Crippen LogP contribution >= 0.6 is 11.6 Å². The van der Waals surface area contributed by atoms with Crippen molar-refractivity contribution in [1.29, 1.82) is 0 Å². The first kappa shape index (κ1) is 23.1. The van der Waals surface area contributed by atoms with Crippen LogP contribution in [-0.2, 0) is 25.9 Å². The molecule has 3 heterocycles. The molecule has 34 heavy (non-hydrogen) atoms. The van der Waals surface area contributed by atoms with Gasteiger partial charge in [-0.2, -0.15) is 0 Å². The summed E-state index contributed by atoms with van der Waals surface area (Å²) < 4.78 is 0. The topological polar surface area (TPSA) is 45.2 Å². The van der Waals surface area contributed by atoms with E-state index in [1.807, 2.05) is 17.3 Å². The minimum absolute atomic E-state index is 0.0404. The molecule has 5 heteroatoms. The summed E-state index contributed by atoms with van der Waals surface area (Å²) in [5.41, 5.74) is 6.76. The molecule has 4 nitrogen and oxygen atoms in total.